The number of hydrogen-bond donors (Lipinski definition) is 1. The number of rotatable bonds is 3. The molecule has 0 saturated carbocycles. The molecule has 3 rings (SSSR count). The quantitative estimate of drug-likeness (QED) is 0.738. The van der Waals surface area contributed by atoms with Crippen LogP contribution in [-0.4, -0.2) is 10.9 Å². The van der Waals surface area contributed by atoms with Gasteiger partial charge in [0.25, 0.3) is 5.91 Å². The topological polar surface area (TPSA) is 42.0 Å². The van der Waals surface area contributed by atoms with Crippen molar-refractivity contribution in [3.63, 3.8) is 0 Å². The van der Waals surface area contributed by atoms with E-state index in [2.05, 4.69) is 10.3 Å². The van der Waals surface area contributed by atoms with Crippen molar-refractivity contribution in [1.82, 2.24) is 4.98 Å². The number of anilines is 1. The molecule has 0 bridgehead atoms. The van der Waals surface area contributed by atoms with E-state index >= 15 is 0 Å². The molecular weight excluding hydrogens is 304 g/mol. The number of hydrogen-bond acceptors (Lipinski definition) is 3. The average molecular weight is 322 g/mol. The predicted octanol–water partition coefficient (Wildman–Crippen LogP) is 4.99. The zero-order valence-electron chi connectivity index (χ0n) is 13.4. The van der Waals surface area contributed by atoms with Crippen LogP contribution in [0.25, 0.3) is 11.3 Å². The van der Waals surface area contributed by atoms with Crippen LogP contribution < -0.4 is 5.32 Å². The maximum absolute atomic E-state index is 12.5. The Morgan fingerprint density at radius 1 is 1.04 bits per heavy atom. The van der Waals surface area contributed by atoms with E-state index in [1.165, 1.54) is 11.3 Å². The van der Waals surface area contributed by atoms with Crippen LogP contribution in [-0.2, 0) is 0 Å². The largest absolute Gasteiger partial charge is 0.298 e. The number of carbonyl (C=O) groups excluding carboxylic acids is 1. The summed E-state index contributed by atoms with van der Waals surface area (Å²) in [7, 11) is 0. The van der Waals surface area contributed by atoms with Crippen LogP contribution in [0.2, 0.25) is 0 Å². The minimum absolute atomic E-state index is 0.115. The van der Waals surface area contributed by atoms with Gasteiger partial charge in [-0.15, -0.1) is 11.3 Å². The van der Waals surface area contributed by atoms with Gasteiger partial charge < -0.3 is 0 Å². The van der Waals surface area contributed by atoms with Crippen molar-refractivity contribution >= 4 is 22.4 Å². The van der Waals surface area contributed by atoms with E-state index in [0.29, 0.717) is 10.7 Å². The van der Waals surface area contributed by atoms with E-state index in [9.17, 15) is 4.79 Å². The van der Waals surface area contributed by atoms with Crippen molar-refractivity contribution in [2.75, 3.05) is 5.32 Å². The van der Waals surface area contributed by atoms with Gasteiger partial charge >= 0.3 is 0 Å². The third kappa shape index (κ3) is 3.32. The third-order valence-electron chi connectivity index (χ3n) is 3.69. The molecule has 0 fully saturated rings. The molecule has 1 aromatic heterocycles. The maximum Gasteiger partial charge on any atom is 0.257 e. The summed E-state index contributed by atoms with van der Waals surface area (Å²) >= 11 is 1.50. The normalized spacial score (nSPS) is 10.6. The van der Waals surface area contributed by atoms with Crippen molar-refractivity contribution in [3.05, 3.63) is 70.1 Å². The summed E-state index contributed by atoms with van der Waals surface area (Å²) in [5.74, 6) is -0.115. The predicted molar refractivity (Wildman–Crippen MR) is 96.2 cm³/mol. The Bertz CT molecular complexity index is 853. The summed E-state index contributed by atoms with van der Waals surface area (Å²) in [6, 6.07) is 15.8. The average Bonchev–Trinajstić information content (AvgIpc) is 2.88. The molecular formula is C19H18N2OS. The lowest BCUT2D eigenvalue weighted by atomic mass is 10.1. The number of nitrogens with one attached hydrogen (secondary N) is 1. The second-order valence-corrected chi connectivity index (χ2v) is 6.77. The lowest BCUT2D eigenvalue weighted by molar-refractivity contribution is 0.102. The third-order valence-corrected chi connectivity index (χ3v) is 4.58. The molecule has 0 radical (unpaired) electrons. The van der Waals surface area contributed by atoms with Crippen LogP contribution in [0.3, 0.4) is 0 Å². The smallest absolute Gasteiger partial charge is 0.257 e. The molecule has 0 aliphatic carbocycles. The summed E-state index contributed by atoms with van der Waals surface area (Å²) in [4.78, 5) is 18.1. The van der Waals surface area contributed by atoms with Crippen LogP contribution >= 0.6 is 11.3 Å². The minimum Gasteiger partial charge on any atom is -0.298 e. The first-order valence-electron chi connectivity index (χ1n) is 7.46. The molecule has 23 heavy (non-hydrogen) atoms. The molecule has 1 N–H and O–H groups in total. The lowest BCUT2D eigenvalue weighted by Gasteiger charge is -2.06. The standard InChI is InChI=1S/C19H18N2OS/c1-12-9-10-16(13(2)11-12)18(22)21-19-20-17(14(3)23-19)15-7-5-4-6-8-15/h4-11H,1-3H3,(H,20,21,22). The summed E-state index contributed by atoms with van der Waals surface area (Å²) in [6.45, 7) is 5.99. The number of benzene rings is 2. The zero-order valence-corrected chi connectivity index (χ0v) is 14.2. The van der Waals surface area contributed by atoms with E-state index in [0.717, 1.165) is 27.3 Å². The van der Waals surface area contributed by atoms with Gasteiger partial charge in [0, 0.05) is 16.0 Å². The van der Waals surface area contributed by atoms with Gasteiger partial charge in [0.2, 0.25) is 0 Å². The van der Waals surface area contributed by atoms with Crippen molar-refractivity contribution in [1.29, 1.82) is 0 Å². The number of aryl methyl sites for hydroxylation is 3. The van der Waals surface area contributed by atoms with Gasteiger partial charge in [-0.05, 0) is 32.4 Å². The molecule has 0 aliphatic heterocycles. The zero-order chi connectivity index (χ0) is 16.4. The van der Waals surface area contributed by atoms with Gasteiger partial charge in [0.15, 0.2) is 5.13 Å². The molecule has 116 valence electrons. The molecule has 2 aromatic carbocycles. The monoisotopic (exact) mass is 322 g/mol. The van der Waals surface area contributed by atoms with Gasteiger partial charge in [-0.25, -0.2) is 4.98 Å². The highest BCUT2D eigenvalue weighted by atomic mass is 32.1. The molecule has 0 unspecified atom stereocenters. The molecule has 1 amide bonds. The fraction of sp³-hybridized carbons (Fsp3) is 0.158. The molecule has 0 atom stereocenters. The van der Waals surface area contributed by atoms with E-state index < -0.39 is 0 Å². The van der Waals surface area contributed by atoms with Gasteiger partial charge in [-0.2, -0.15) is 0 Å². The number of thiazole rings is 1. The van der Waals surface area contributed by atoms with Gasteiger partial charge in [0.1, 0.15) is 0 Å². The Hall–Kier alpha value is -2.46. The molecule has 0 saturated heterocycles. The van der Waals surface area contributed by atoms with Crippen LogP contribution in [0, 0.1) is 20.8 Å². The Kier molecular flexibility index (Phi) is 4.26. The van der Waals surface area contributed by atoms with E-state index in [1.807, 2.05) is 69.3 Å². The molecule has 3 nitrogen and oxygen atoms in total. The molecule has 3 aromatic rings. The number of carbonyl (C=O) groups is 1. The van der Waals surface area contributed by atoms with Crippen LogP contribution in [0.1, 0.15) is 26.4 Å². The van der Waals surface area contributed by atoms with Crippen LogP contribution in [0.4, 0.5) is 5.13 Å². The van der Waals surface area contributed by atoms with Gasteiger partial charge in [0.05, 0.1) is 5.69 Å². The van der Waals surface area contributed by atoms with Crippen molar-refractivity contribution < 1.29 is 4.79 Å². The second-order valence-electron chi connectivity index (χ2n) is 5.56. The molecule has 0 spiro atoms. The minimum atomic E-state index is -0.115. The number of amides is 1. The number of nitrogens with zero attached hydrogens (tertiary/aromatic N) is 1. The van der Waals surface area contributed by atoms with Gasteiger partial charge in [-0.1, -0.05) is 48.0 Å². The Labute approximate surface area is 140 Å². The fourth-order valence-electron chi connectivity index (χ4n) is 2.55. The first-order valence-corrected chi connectivity index (χ1v) is 8.27. The van der Waals surface area contributed by atoms with E-state index in [4.69, 9.17) is 0 Å². The Balaban J connectivity index is 1.85. The highest BCUT2D eigenvalue weighted by Crippen LogP contribution is 2.30. The van der Waals surface area contributed by atoms with Crippen molar-refractivity contribution in [2.24, 2.45) is 0 Å². The van der Waals surface area contributed by atoms with Crippen LogP contribution in [0.5, 0.6) is 0 Å². The molecule has 0 aliphatic rings. The van der Waals surface area contributed by atoms with Crippen molar-refractivity contribution in [3.8, 4) is 11.3 Å². The Morgan fingerprint density at radius 2 is 1.78 bits per heavy atom. The molecule has 4 heteroatoms. The lowest BCUT2D eigenvalue weighted by Crippen LogP contribution is -2.13. The SMILES string of the molecule is Cc1ccc(C(=O)Nc2nc(-c3ccccc3)c(C)s2)c(C)c1. The van der Waals surface area contributed by atoms with Crippen LogP contribution in [0.15, 0.2) is 48.5 Å². The highest BCUT2D eigenvalue weighted by molar-refractivity contribution is 7.16. The fourth-order valence-corrected chi connectivity index (χ4v) is 3.38. The Morgan fingerprint density at radius 3 is 2.48 bits per heavy atom. The first-order chi connectivity index (χ1) is 11.0. The van der Waals surface area contributed by atoms with Crippen molar-refractivity contribution in [2.45, 2.75) is 20.8 Å². The first kappa shape index (κ1) is 15.4. The highest BCUT2D eigenvalue weighted by Gasteiger charge is 2.14. The van der Waals surface area contributed by atoms with E-state index in [1.54, 1.807) is 0 Å². The molecule has 1 heterocycles. The summed E-state index contributed by atoms with van der Waals surface area (Å²) in [5, 5.41) is 3.55. The summed E-state index contributed by atoms with van der Waals surface area (Å²) in [5.41, 5.74) is 4.79. The van der Waals surface area contributed by atoms with E-state index in [-0.39, 0.29) is 5.91 Å². The second kappa shape index (κ2) is 6.34. The summed E-state index contributed by atoms with van der Waals surface area (Å²) < 4.78 is 0. The number of aromatic nitrogens is 1. The summed E-state index contributed by atoms with van der Waals surface area (Å²) in [6.07, 6.45) is 0. The maximum atomic E-state index is 12.5. The van der Waals surface area contributed by atoms with Gasteiger partial charge in [-0.3, -0.25) is 10.1 Å².